The van der Waals surface area contributed by atoms with E-state index in [2.05, 4.69) is 44.4 Å². The Bertz CT molecular complexity index is 649. The largest absolute Gasteiger partial charge is 0.370 e. The highest BCUT2D eigenvalue weighted by atomic mass is 127. The SMILES string of the molecule is CN=C(NCc1ccc(N2CCSCC2)cc1)N1CCCC(CC(N)=O)C1.I. The Morgan fingerprint density at radius 2 is 1.96 bits per heavy atom. The molecule has 3 rings (SSSR count). The number of nitrogens with one attached hydrogen (secondary N) is 1. The summed E-state index contributed by atoms with van der Waals surface area (Å²) in [6, 6.07) is 8.84. The molecule has 2 saturated heterocycles. The van der Waals surface area contributed by atoms with Crippen LogP contribution in [0, 0.1) is 5.92 Å². The molecule has 2 heterocycles. The van der Waals surface area contributed by atoms with Gasteiger partial charge in [0, 0.05) is 63.4 Å². The fraction of sp³-hybridized carbons (Fsp3) is 0.600. The van der Waals surface area contributed by atoms with Crippen molar-refractivity contribution < 1.29 is 4.79 Å². The van der Waals surface area contributed by atoms with Crippen LogP contribution in [0.15, 0.2) is 29.3 Å². The topological polar surface area (TPSA) is 74.0 Å². The standard InChI is InChI=1S/C20H31N5OS.HI/c1-22-20(25-8-2-3-17(15-25)13-19(21)26)23-14-16-4-6-18(7-5-16)24-9-11-27-12-10-24;/h4-7,17H,2-3,8-15H2,1H3,(H2,21,26)(H,22,23);1H. The number of likely N-dealkylation sites (tertiary alicyclic amines) is 1. The number of carbonyl (C=O) groups excluding carboxylic acids is 1. The van der Waals surface area contributed by atoms with E-state index in [1.54, 1.807) is 0 Å². The third kappa shape index (κ3) is 6.72. The maximum atomic E-state index is 11.2. The number of piperidine rings is 1. The van der Waals surface area contributed by atoms with Crippen molar-refractivity contribution in [3.63, 3.8) is 0 Å². The number of aliphatic imine (C=N–C) groups is 1. The van der Waals surface area contributed by atoms with Crippen LogP contribution in [-0.2, 0) is 11.3 Å². The summed E-state index contributed by atoms with van der Waals surface area (Å²) in [5, 5.41) is 3.47. The van der Waals surface area contributed by atoms with E-state index in [9.17, 15) is 4.79 Å². The van der Waals surface area contributed by atoms with E-state index in [1.807, 2.05) is 18.8 Å². The van der Waals surface area contributed by atoms with Gasteiger partial charge in [0.2, 0.25) is 5.91 Å². The second kappa shape index (κ2) is 11.7. The van der Waals surface area contributed by atoms with Gasteiger partial charge in [0.05, 0.1) is 0 Å². The van der Waals surface area contributed by atoms with Crippen LogP contribution >= 0.6 is 35.7 Å². The van der Waals surface area contributed by atoms with E-state index in [0.717, 1.165) is 51.5 Å². The van der Waals surface area contributed by atoms with Crippen molar-refractivity contribution in [2.45, 2.75) is 25.8 Å². The van der Waals surface area contributed by atoms with E-state index in [4.69, 9.17) is 5.73 Å². The van der Waals surface area contributed by atoms with Crippen LogP contribution < -0.4 is 16.0 Å². The number of nitrogens with two attached hydrogens (primary N) is 1. The monoisotopic (exact) mass is 517 g/mol. The van der Waals surface area contributed by atoms with Crippen LogP contribution in [0.25, 0.3) is 0 Å². The summed E-state index contributed by atoms with van der Waals surface area (Å²) in [5.41, 5.74) is 7.93. The molecule has 2 aliphatic heterocycles. The predicted octanol–water partition coefficient (Wildman–Crippen LogP) is 2.52. The second-order valence-electron chi connectivity index (χ2n) is 7.29. The quantitative estimate of drug-likeness (QED) is 0.357. The Balaban J connectivity index is 0.00000280. The third-order valence-electron chi connectivity index (χ3n) is 5.28. The fourth-order valence-corrected chi connectivity index (χ4v) is 4.77. The van der Waals surface area contributed by atoms with Gasteiger partial charge in [-0.15, -0.1) is 24.0 Å². The number of anilines is 1. The molecular formula is C20H32IN5OS. The van der Waals surface area contributed by atoms with Crippen LogP contribution in [0.2, 0.25) is 0 Å². The number of primary amides is 1. The van der Waals surface area contributed by atoms with E-state index in [-0.39, 0.29) is 29.9 Å². The first-order valence-corrected chi connectivity index (χ1v) is 11.0. The average Bonchev–Trinajstić information content (AvgIpc) is 2.69. The van der Waals surface area contributed by atoms with Crippen molar-refractivity contribution in [1.29, 1.82) is 0 Å². The molecule has 1 atom stereocenters. The van der Waals surface area contributed by atoms with Gasteiger partial charge in [0.1, 0.15) is 0 Å². The number of guanidine groups is 1. The number of hydrogen-bond acceptors (Lipinski definition) is 4. The van der Waals surface area contributed by atoms with Gasteiger partial charge in [-0.1, -0.05) is 12.1 Å². The molecule has 0 radical (unpaired) electrons. The number of hydrogen-bond donors (Lipinski definition) is 2. The van der Waals surface area contributed by atoms with Gasteiger partial charge in [0.15, 0.2) is 5.96 Å². The molecule has 1 unspecified atom stereocenters. The summed E-state index contributed by atoms with van der Waals surface area (Å²) in [6.07, 6.45) is 2.60. The van der Waals surface area contributed by atoms with E-state index >= 15 is 0 Å². The minimum absolute atomic E-state index is 0. The minimum atomic E-state index is -0.211. The molecule has 1 aromatic rings. The van der Waals surface area contributed by atoms with Crippen LogP contribution in [0.3, 0.4) is 0 Å². The Kier molecular flexibility index (Phi) is 9.70. The van der Waals surface area contributed by atoms with E-state index < -0.39 is 0 Å². The maximum Gasteiger partial charge on any atom is 0.217 e. The van der Waals surface area contributed by atoms with Crippen LogP contribution in [0.1, 0.15) is 24.8 Å². The van der Waals surface area contributed by atoms with Crippen LogP contribution in [0.4, 0.5) is 5.69 Å². The molecule has 0 aromatic heterocycles. The summed E-state index contributed by atoms with van der Waals surface area (Å²) in [7, 11) is 1.82. The molecule has 1 aromatic carbocycles. The first-order chi connectivity index (χ1) is 13.2. The van der Waals surface area contributed by atoms with Crippen LogP contribution in [-0.4, -0.2) is 61.5 Å². The number of amides is 1. The lowest BCUT2D eigenvalue weighted by atomic mass is 9.95. The number of nitrogens with zero attached hydrogens (tertiary/aromatic N) is 3. The maximum absolute atomic E-state index is 11.2. The minimum Gasteiger partial charge on any atom is -0.370 e. The second-order valence-corrected chi connectivity index (χ2v) is 8.52. The smallest absolute Gasteiger partial charge is 0.217 e. The van der Waals surface area contributed by atoms with Crippen molar-refractivity contribution in [2.75, 3.05) is 49.6 Å². The summed E-state index contributed by atoms with van der Waals surface area (Å²) in [6.45, 7) is 4.84. The Morgan fingerprint density at radius 1 is 1.25 bits per heavy atom. The van der Waals surface area contributed by atoms with Gasteiger partial charge in [-0.05, 0) is 36.5 Å². The molecule has 0 saturated carbocycles. The molecule has 3 N–H and O–H groups in total. The van der Waals surface area contributed by atoms with Gasteiger partial charge in [-0.3, -0.25) is 9.79 Å². The van der Waals surface area contributed by atoms with Crippen molar-refractivity contribution >= 4 is 53.3 Å². The molecule has 156 valence electrons. The van der Waals surface area contributed by atoms with Crippen molar-refractivity contribution in [3.8, 4) is 0 Å². The molecule has 0 spiro atoms. The molecule has 28 heavy (non-hydrogen) atoms. The van der Waals surface area contributed by atoms with Crippen LogP contribution in [0.5, 0.6) is 0 Å². The zero-order valence-corrected chi connectivity index (χ0v) is 19.7. The molecular weight excluding hydrogens is 485 g/mol. The fourth-order valence-electron chi connectivity index (χ4n) is 3.87. The van der Waals surface area contributed by atoms with Gasteiger partial charge in [-0.2, -0.15) is 11.8 Å². The number of rotatable bonds is 5. The van der Waals surface area contributed by atoms with Crippen molar-refractivity contribution in [2.24, 2.45) is 16.6 Å². The summed E-state index contributed by atoms with van der Waals surface area (Å²) >= 11 is 2.03. The normalized spacial score (nSPS) is 20.5. The molecule has 2 aliphatic rings. The highest BCUT2D eigenvalue weighted by Crippen LogP contribution is 2.21. The first-order valence-electron chi connectivity index (χ1n) is 9.81. The molecule has 0 aliphatic carbocycles. The zero-order valence-electron chi connectivity index (χ0n) is 16.6. The van der Waals surface area contributed by atoms with Gasteiger partial charge >= 0.3 is 0 Å². The number of halogens is 1. The lowest BCUT2D eigenvalue weighted by Crippen LogP contribution is -2.46. The first kappa shape index (κ1) is 23.1. The third-order valence-corrected chi connectivity index (χ3v) is 6.23. The van der Waals surface area contributed by atoms with Crippen molar-refractivity contribution in [1.82, 2.24) is 10.2 Å². The summed E-state index contributed by atoms with van der Waals surface area (Å²) in [4.78, 5) is 20.4. The lowest BCUT2D eigenvalue weighted by Gasteiger charge is -2.34. The Morgan fingerprint density at radius 3 is 2.61 bits per heavy atom. The van der Waals surface area contributed by atoms with E-state index in [1.165, 1.54) is 22.8 Å². The summed E-state index contributed by atoms with van der Waals surface area (Å²) < 4.78 is 0. The molecule has 2 fully saturated rings. The Labute approximate surface area is 189 Å². The van der Waals surface area contributed by atoms with E-state index in [0.29, 0.717) is 12.3 Å². The van der Waals surface area contributed by atoms with Gasteiger partial charge in [0.25, 0.3) is 0 Å². The summed E-state index contributed by atoms with van der Waals surface area (Å²) in [5.74, 6) is 3.45. The number of thioether (sulfide) groups is 1. The molecule has 1 amide bonds. The number of carbonyl (C=O) groups is 1. The van der Waals surface area contributed by atoms with Gasteiger partial charge in [-0.25, -0.2) is 0 Å². The lowest BCUT2D eigenvalue weighted by molar-refractivity contribution is -0.119. The highest BCUT2D eigenvalue weighted by molar-refractivity contribution is 14.0. The average molecular weight is 517 g/mol. The molecule has 6 nitrogen and oxygen atoms in total. The number of benzene rings is 1. The predicted molar refractivity (Wildman–Crippen MR) is 130 cm³/mol. The van der Waals surface area contributed by atoms with Gasteiger partial charge < -0.3 is 20.9 Å². The van der Waals surface area contributed by atoms with Crippen molar-refractivity contribution in [3.05, 3.63) is 29.8 Å². The molecule has 8 heteroatoms. The highest BCUT2D eigenvalue weighted by Gasteiger charge is 2.23. The Hall–Kier alpha value is -1.16. The molecule has 0 bridgehead atoms. The zero-order chi connectivity index (χ0) is 19.1.